The summed E-state index contributed by atoms with van der Waals surface area (Å²) in [6.07, 6.45) is 2.09. The van der Waals surface area contributed by atoms with Gasteiger partial charge in [0, 0.05) is 12.2 Å². The summed E-state index contributed by atoms with van der Waals surface area (Å²) in [6.45, 7) is 2.81. The van der Waals surface area contributed by atoms with E-state index in [0.717, 1.165) is 25.1 Å². The highest BCUT2D eigenvalue weighted by atomic mass is 16.2. The van der Waals surface area contributed by atoms with E-state index in [9.17, 15) is 4.79 Å². The van der Waals surface area contributed by atoms with Crippen LogP contribution in [0.4, 0.5) is 10.5 Å². The Kier molecular flexibility index (Phi) is 4.55. The molecule has 0 saturated heterocycles. The average Bonchev–Trinajstić information content (AvgIpc) is 2.20. The molecule has 3 heteroatoms. The van der Waals surface area contributed by atoms with Crippen LogP contribution >= 0.6 is 0 Å². The van der Waals surface area contributed by atoms with Crippen LogP contribution in [0.2, 0.25) is 0 Å². The van der Waals surface area contributed by atoms with Crippen LogP contribution in [0, 0.1) is 6.07 Å². The van der Waals surface area contributed by atoms with Crippen LogP contribution in [0.25, 0.3) is 0 Å². The van der Waals surface area contributed by atoms with Crippen molar-refractivity contribution in [3.63, 3.8) is 0 Å². The van der Waals surface area contributed by atoms with Crippen molar-refractivity contribution in [2.24, 2.45) is 0 Å². The van der Waals surface area contributed by atoms with E-state index in [1.807, 2.05) is 0 Å². The number of urea groups is 1. The Morgan fingerprint density at radius 3 is 2.79 bits per heavy atom. The molecule has 1 radical (unpaired) electrons. The first-order chi connectivity index (χ1) is 6.83. The highest BCUT2D eigenvalue weighted by Crippen LogP contribution is 2.03. The molecule has 0 spiro atoms. The minimum absolute atomic E-state index is 0.148. The van der Waals surface area contributed by atoms with E-state index in [1.165, 1.54) is 0 Å². The second-order valence-electron chi connectivity index (χ2n) is 3.02. The standard InChI is InChI=1S/C11H15N2O/c1-2-3-9-12-11(14)13-10-7-5-4-6-8-10/h5-8H,2-3,9H2,1H3,(H2,12,13,14). The fourth-order valence-corrected chi connectivity index (χ4v) is 1.02. The second-order valence-corrected chi connectivity index (χ2v) is 3.02. The van der Waals surface area contributed by atoms with Gasteiger partial charge in [-0.15, -0.1) is 0 Å². The molecule has 0 unspecified atom stereocenters. The summed E-state index contributed by atoms with van der Waals surface area (Å²) in [5, 5.41) is 5.50. The Labute approximate surface area is 84.5 Å². The van der Waals surface area contributed by atoms with Crippen molar-refractivity contribution in [2.75, 3.05) is 11.9 Å². The van der Waals surface area contributed by atoms with E-state index in [-0.39, 0.29) is 6.03 Å². The topological polar surface area (TPSA) is 41.1 Å². The number of hydrogen-bond donors (Lipinski definition) is 2. The summed E-state index contributed by atoms with van der Waals surface area (Å²) < 4.78 is 0. The molecule has 0 saturated carbocycles. The van der Waals surface area contributed by atoms with Gasteiger partial charge in [0.1, 0.15) is 0 Å². The quantitative estimate of drug-likeness (QED) is 0.705. The van der Waals surface area contributed by atoms with Gasteiger partial charge >= 0.3 is 6.03 Å². The van der Waals surface area contributed by atoms with Crippen LogP contribution in [0.15, 0.2) is 24.3 Å². The number of carbonyl (C=O) groups excluding carboxylic acids is 1. The Hall–Kier alpha value is -1.51. The zero-order valence-corrected chi connectivity index (χ0v) is 8.34. The maximum absolute atomic E-state index is 11.3. The molecule has 14 heavy (non-hydrogen) atoms. The molecule has 0 aromatic heterocycles. The zero-order chi connectivity index (χ0) is 10.2. The van der Waals surface area contributed by atoms with Crippen molar-refractivity contribution in [3.05, 3.63) is 30.3 Å². The fraction of sp³-hybridized carbons (Fsp3) is 0.364. The van der Waals surface area contributed by atoms with Crippen molar-refractivity contribution >= 4 is 11.7 Å². The molecular formula is C11H15N2O. The predicted molar refractivity (Wildman–Crippen MR) is 57.2 cm³/mol. The molecule has 1 aromatic carbocycles. The first kappa shape index (κ1) is 10.6. The lowest BCUT2D eigenvalue weighted by Crippen LogP contribution is -2.29. The molecule has 0 atom stereocenters. The van der Waals surface area contributed by atoms with Gasteiger partial charge in [0.2, 0.25) is 0 Å². The SMILES string of the molecule is CCCCNC(=O)Nc1cc[c]cc1. The third-order valence-corrected chi connectivity index (χ3v) is 1.79. The van der Waals surface area contributed by atoms with Gasteiger partial charge in [0.05, 0.1) is 0 Å². The average molecular weight is 191 g/mol. The number of rotatable bonds is 4. The number of nitrogens with one attached hydrogen (secondary N) is 2. The van der Waals surface area contributed by atoms with Gasteiger partial charge < -0.3 is 10.6 Å². The summed E-state index contributed by atoms with van der Waals surface area (Å²) >= 11 is 0. The van der Waals surface area contributed by atoms with E-state index in [4.69, 9.17) is 0 Å². The van der Waals surface area contributed by atoms with Gasteiger partial charge in [-0.25, -0.2) is 4.79 Å². The summed E-state index contributed by atoms with van der Waals surface area (Å²) in [5.74, 6) is 0. The highest BCUT2D eigenvalue weighted by Gasteiger charge is 1.98. The van der Waals surface area contributed by atoms with Crippen molar-refractivity contribution < 1.29 is 4.79 Å². The van der Waals surface area contributed by atoms with E-state index >= 15 is 0 Å². The second kappa shape index (κ2) is 6.02. The van der Waals surface area contributed by atoms with Crippen molar-refractivity contribution in [2.45, 2.75) is 19.8 Å². The summed E-state index contributed by atoms with van der Waals surface area (Å²) in [4.78, 5) is 11.3. The normalized spacial score (nSPS) is 9.50. The Bertz CT molecular complexity index is 272. The van der Waals surface area contributed by atoms with Gasteiger partial charge in [0.25, 0.3) is 0 Å². The molecule has 0 heterocycles. The summed E-state index contributed by atoms with van der Waals surface area (Å²) in [5.41, 5.74) is 0.790. The summed E-state index contributed by atoms with van der Waals surface area (Å²) in [7, 11) is 0. The number of hydrogen-bond acceptors (Lipinski definition) is 1. The van der Waals surface area contributed by atoms with Gasteiger partial charge in [-0.1, -0.05) is 25.5 Å². The van der Waals surface area contributed by atoms with Crippen molar-refractivity contribution in [1.82, 2.24) is 5.32 Å². The molecule has 3 nitrogen and oxygen atoms in total. The maximum Gasteiger partial charge on any atom is 0.319 e. The molecule has 0 fully saturated rings. The molecular weight excluding hydrogens is 176 g/mol. The highest BCUT2D eigenvalue weighted by molar-refractivity contribution is 5.89. The first-order valence-electron chi connectivity index (χ1n) is 4.84. The Morgan fingerprint density at radius 2 is 2.14 bits per heavy atom. The molecule has 1 aromatic rings. The van der Waals surface area contributed by atoms with Crippen LogP contribution in [0.3, 0.4) is 0 Å². The Morgan fingerprint density at radius 1 is 1.43 bits per heavy atom. The summed E-state index contributed by atoms with van der Waals surface area (Å²) in [6, 6.07) is 9.88. The van der Waals surface area contributed by atoms with Crippen LogP contribution in [0.5, 0.6) is 0 Å². The number of anilines is 1. The third kappa shape index (κ3) is 3.94. The van der Waals surface area contributed by atoms with Gasteiger partial charge in [0.15, 0.2) is 0 Å². The minimum Gasteiger partial charge on any atom is -0.338 e. The smallest absolute Gasteiger partial charge is 0.319 e. The van der Waals surface area contributed by atoms with E-state index in [1.54, 1.807) is 24.3 Å². The first-order valence-corrected chi connectivity index (χ1v) is 4.84. The van der Waals surface area contributed by atoms with Crippen LogP contribution in [-0.4, -0.2) is 12.6 Å². The third-order valence-electron chi connectivity index (χ3n) is 1.79. The molecule has 0 aliphatic heterocycles. The number of benzene rings is 1. The van der Waals surface area contributed by atoms with E-state index in [0.29, 0.717) is 0 Å². The molecule has 1 rings (SSSR count). The van der Waals surface area contributed by atoms with E-state index in [2.05, 4.69) is 23.6 Å². The molecule has 2 N–H and O–H groups in total. The number of amides is 2. The lowest BCUT2D eigenvalue weighted by Gasteiger charge is -2.06. The Balaban J connectivity index is 2.27. The lowest BCUT2D eigenvalue weighted by atomic mass is 10.3. The maximum atomic E-state index is 11.3. The van der Waals surface area contributed by atoms with E-state index < -0.39 is 0 Å². The molecule has 75 valence electrons. The van der Waals surface area contributed by atoms with Crippen LogP contribution < -0.4 is 10.6 Å². The minimum atomic E-state index is -0.148. The van der Waals surface area contributed by atoms with Gasteiger partial charge in [-0.3, -0.25) is 0 Å². The number of carbonyl (C=O) groups is 1. The van der Waals surface area contributed by atoms with Crippen LogP contribution in [0.1, 0.15) is 19.8 Å². The van der Waals surface area contributed by atoms with Gasteiger partial charge in [-0.05, 0) is 24.6 Å². The molecule has 2 amide bonds. The van der Waals surface area contributed by atoms with Crippen molar-refractivity contribution in [3.8, 4) is 0 Å². The van der Waals surface area contributed by atoms with Crippen LogP contribution in [-0.2, 0) is 0 Å². The zero-order valence-electron chi connectivity index (χ0n) is 8.34. The number of unbranched alkanes of at least 4 members (excludes halogenated alkanes) is 1. The van der Waals surface area contributed by atoms with Gasteiger partial charge in [-0.2, -0.15) is 0 Å². The molecule has 0 aliphatic rings. The molecule has 0 aliphatic carbocycles. The predicted octanol–water partition coefficient (Wildman–Crippen LogP) is 2.41. The fourth-order valence-electron chi connectivity index (χ4n) is 1.02. The lowest BCUT2D eigenvalue weighted by molar-refractivity contribution is 0.252. The monoisotopic (exact) mass is 191 g/mol. The largest absolute Gasteiger partial charge is 0.338 e. The van der Waals surface area contributed by atoms with Crippen molar-refractivity contribution in [1.29, 1.82) is 0 Å². The molecule has 0 bridgehead atoms.